The molecule has 7 heteroatoms. The molecular formula is C28H39N3O4. The molecule has 1 saturated heterocycles. The van der Waals surface area contributed by atoms with Crippen molar-refractivity contribution in [2.75, 3.05) is 20.7 Å². The second kappa shape index (κ2) is 12.2. The van der Waals surface area contributed by atoms with E-state index in [1.165, 1.54) is 23.3 Å². The molecule has 0 unspecified atom stereocenters. The van der Waals surface area contributed by atoms with Crippen molar-refractivity contribution in [3.8, 4) is 0 Å². The third-order valence-electron chi connectivity index (χ3n) is 6.31. The van der Waals surface area contributed by atoms with E-state index in [1.807, 2.05) is 57.2 Å². The Kier molecular flexibility index (Phi) is 9.29. The average Bonchev–Trinajstić information content (AvgIpc) is 2.83. The lowest BCUT2D eigenvalue weighted by atomic mass is 9.91. The van der Waals surface area contributed by atoms with Crippen molar-refractivity contribution >= 4 is 12.0 Å². The molecule has 3 rings (SSSR count). The molecule has 2 atom stereocenters. The predicted molar refractivity (Wildman–Crippen MR) is 136 cm³/mol. The smallest absolute Gasteiger partial charge is 0.410 e. The van der Waals surface area contributed by atoms with Crippen molar-refractivity contribution in [1.82, 2.24) is 14.9 Å². The summed E-state index contributed by atoms with van der Waals surface area (Å²) in [4.78, 5) is 35.5. The van der Waals surface area contributed by atoms with Crippen molar-refractivity contribution < 1.29 is 19.2 Å². The fourth-order valence-electron chi connectivity index (χ4n) is 4.59. The number of rotatable bonds is 8. The van der Waals surface area contributed by atoms with E-state index in [2.05, 4.69) is 29.2 Å². The van der Waals surface area contributed by atoms with Crippen molar-refractivity contribution in [1.29, 1.82) is 0 Å². The van der Waals surface area contributed by atoms with Gasteiger partial charge in [0.15, 0.2) is 0 Å². The number of piperidine rings is 1. The van der Waals surface area contributed by atoms with Crippen LogP contribution in [-0.2, 0) is 27.5 Å². The maximum absolute atomic E-state index is 13.3. The predicted octanol–water partition coefficient (Wildman–Crippen LogP) is 4.87. The van der Waals surface area contributed by atoms with Crippen LogP contribution in [0, 0.1) is 0 Å². The molecule has 1 heterocycles. The summed E-state index contributed by atoms with van der Waals surface area (Å²) in [5.74, 6) is -0.169. The Hall–Kier alpha value is -2.90. The van der Waals surface area contributed by atoms with Crippen LogP contribution in [0.1, 0.15) is 51.2 Å². The second-order valence-corrected chi connectivity index (χ2v) is 10.1. The lowest BCUT2D eigenvalue weighted by Crippen LogP contribution is -2.58. The zero-order valence-electron chi connectivity index (χ0n) is 21.6. The molecule has 2 aromatic carbocycles. The monoisotopic (exact) mass is 481 g/mol. The number of benzene rings is 2. The van der Waals surface area contributed by atoms with Crippen LogP contribution < -0.4 is 0 Å². The van der Waals surface area contributed by atoms with Crippen LogP contribution in [0.5, 0.6) is 0 Å². The minimum atomic E-state index is -0.615. The average molecular weight is 482 g/mol. The van der Waals surface area contributed by atoms with Crippen molar-refractivity contribution in [3.63, 3.8) is 0 Å². The van der Waals surface area contributed by atoms with Crippen molar-refractivity contribution in [2.24, 2.45) is 0 Å². The number of hydrogen-bond acceptors (Lipinski definition) is 5. The molecule has 0 N–H and O–H groups in total. The normalized spacial score (nSPS) is 18.4. The zero-order valence-corrected chi connectivity index (χ0v) is 21.6. The highest BCUT2D eigenvalue weighted by Crippen LogP contribution is 2.29. The minimum Gasteiger partial charge on any atom is -0.444 e. The Morgan fingerprint density at radius 3 is 2.00 bits per heavy atom. The molecule has 0 aromatic heterocycles. The highest BCUT2D eigenvalue weighted by atomic mass is 16.7. The van der Waals surface area contributed by atoms with Gasteiger partial charge in [-0.2, -0.15) is 0 Å². The topological polar surface area (TPSA) is 62.3 Å². The highest BCUT2D eigenvalue weighted by Gasteiger charge is 2.41. The fraction of sp³-hybridized carbons (Fsp3) is 0.500. The molecular weight excluding hydrogens is 442 g/mol. The number of amides is 2. The first-order valence-electron chi connectivity index (χ1n) is 12.3. The van der Waals surface area contributed by atoms with E-state index in [4.69, 9.17) is 9.57 Å². The largest absolute Gasteiger partial charge is 0.444 e. The summed E-state index contributed by atoms with van der Waals surface area (Å²) in [5.41, 5.74) is 1.77. The number of carbonyl (C=O) groups is 2. The minimum absolute atomic E-state index is 0.0223. The van der Waals surface area contributed by atoms with Gasteiger partial charge in [-0.05, 0) is 44.7 Å². The third kappa shape index (κ3) is 7.80. The fourth-order valence-corrected chi connectivity index (χ4v) is 4.59. The molecule has 0 aliphatic carbocycles. The van der Waals surface area contributed by atoms with E-state index in [1.54, 1.807) is 11.9 Å². The first-order chi connectivity index (χ1) is 16.7. The number of carbonyl (C=O) groups excluding carboxylic acids is 2. The quantitative estimate of drug-likeness (QED) is 0.504. The van der Waals surface area contributed by atoms with Gasteiger partial charge in [0.2, 0.25) is 5.91 Å². The van der Waals surface area contributed by atoms with Crippen LogP contribution in [0.15, 0.2) is 60.7 Å². The van der Waals surface area contributed by atoms with Gasteiger partial charge in [0, 0.05) is 32.7 Å². The van der Waals surface area contributed by atoms with E-state index in [9.17, 15) is 9.59 Å². The lowest BCUT2D eigenvalue weighted by molar-refractivity contribution is -0.170. The molecule has 2 aromatic rings. The third-order valence-corrected chi connectivity index (χ3v) is 6.31. The molecule has 1 aliphatic heterocycles. The summed E-state index contributed by atoms with van der Waals surface area (Å²) in [5, 5.41) is 1.23. The van der Waals surface area contributed by atoms with E-state index in [-0.39, 0.29) is 30.5 Å². The molecule has 2 amide bonds. The Labute approximate surface area is 209 Å². The van der Waals surface area contributed by atoms with Gasteiger partial charge in [0.25, 0.3) is 0 Å². The molecule has 0 saturated carbocycles. The van der Waals surface area contributed by atoms with Crippen molar-refractivity contribution in [2.45, 2.75) is 70.8 Å². The van der Waals surface area contributed by atoms with Gasteiger partial charge in [0.05, 0.1) is 19.6 Å². The van der Waals surface area contributed by atoms with Crippen LogP contribution in [0.3, 0.4) is 0 Å². The molecule has 1 fully saturated rings. The molecule has 0 radical (unpaired) electrons. The maximum atomic E-state index is 13.3. The zero-order chi connectivity index (χ0) is 25.4. The van der Waals surface area contributed by atoms with Crippen LogP contribution in [-0.4, -0.2) is 65.3 Å². The van der Waals surface area contributed by atoms with Gasteiger partial charge in [0.1, 0.15) is 5.60 Å². The number of likely N-dealkylation sites (tertiary alicyclic amines) is 1. The molecule has 190 valence electrons. The van der Waals surface area contributed by atoms with E-state index in [0.717, 1.165) is 12.8 Å². The summed E-state index contributed by atoms with van der Waals surface area (Å²) in [7, 11) is 3.07. The van der Waals surface area contributed by atoms with Gasteiger partial charge in [-0.15, -0.1) is 0 Å². The Morgan fingerprint density at radius 2 is 1.51 bits per heavy atom. The van der Waals surface area contributed by atoms with Crippen LogP contribution >= 0.6 is 0 Å². The maximum Gasteiger partial charge on any atom is 0.410 e. The molecule has 35 heavy (non-hydrogen) atoms. The summed E-state index contributed by atoms with van der Waals surface area (Å²) in [6.45, 7) is 7.58. The standard InChI is InChI=1S/C28H39N3O4/c1-28(2,3)35-27(33)31-18-12-17-24(25(31)19-26(32)29(4)34-5)30(20-22-13-8-6-9-14-22)21-23-15-10-7-11-16-23/h6-11,13-16,24-25H,12,17-21H2,1-5H3/t24-,25-/m0/s1. The summed E-state index contributed by atoms with van der Waals surface area (Å²) < 4.78 is 5.75. The summed E-state index contributed by atoms with van der Waals surface area (Å²) >= 11 is 0. The Balaban J connectivity index is 1.95. The van der Waals surface area contributed by atoms with Gasteiger partial charge in [-0.3, -0.25) is 14.5 Å². The molecule has 7 nitrogen and oxygen atoms in total. The summed E-state index contributed by atoms with van der Waals surface area (Å²) in [6.07, 6.45) is 1.51. The number of hydrogen-bond donors (Lipinski definition) is 0. The van der Waals surface area contributed by atoms with Crippen LogP contribution in [0.4, 0.5) is 4.79 Å². The second-order valence-electron chi connectivity index (χ2n) is 10.1. The first kappa shape index (κ1) is 26.7. The van der Waals surface area contributed by atoms with Gasteiger partial charge >= 0.3 is 6.09 Å². The van der Waals surface area contributed by atoms with Crippen molar-refractivity contribution in [3.05, 3.63) is 71.8 Å². The van der Waals surface area contributed by atoms with E-state index < -0.39 is 5.60 Å². The molecule has 0 bridgehead atoms. The Bertz CT molecular complexity index is 904. The van der Waals surface area contributed by atoms with E-state index in [0.29, 0.717) is 19.6 Å². The van der Waals surface area contributed by atoms with E-state index >= 15 is 0 Å². The van der Waals surface area contributed by atoms with Crippen LogP contribution in [0.2, 0.25) is 0 Å². The number of ether oxygens (including phenoxy) is 1. The van der Waals surface area contributed by atoms with Gasteiger partial charge in [-0.25, -0.2) is 9.86 Å². The van der Waals surface area contributed by atoms with Crippen LogP contribution in [0.25, 0.3) is 0 Å². The number of nitrogens with zero attached hydrogens (tertiary/aromatic N) is 3. The lowest BCUT2D eigenvalue weighted by Gasteiger charge is -2.46. The van der Waals surface area contributed by atoms with Gasteiger partial charge < -0.3 is 9.64 Å². The summed E-state index contributed by atoms with van der Waals surface area (Å²) in [6, 6.07) is 20.3. The number of hydroxylamine groups is 2. The Morgan fingerprint density at radius 1 is 0.971 bits per heavy atom. The SMILES string of the molecule is CON(C)C(=O)C[C@H]1[C@@H](N(Cc2ccccc2)Cc2ccccc2)CCCN1C(=O)OC(C)(C)C. The first-order valence-corrected chi connectivity index (χ1v) is 12.3. The molecule has 0 spiro atoms. The van der Waals surface area contributed by atoms with Gasteiger partial charge in [-0.1, -0.05) is 60.7 Å². The molecule has 1 aliphatic rings. The highest BCUT2D eigenvalue weighted by molar-refractivity contribution is 5.77.